The molecule has 0 N–H and O–H groups in total. The average molecular weight is 136 g/mol. The van der Waals surface area contributed by atoms with Crippen LogP contribution in [-0.2, 0) is 25.7 Å². The van der Waals surface area contributed by atoms with Crippen LogP contribution in [0.15, 0.2) is 12.2 Å². The molecule has 0 aromatic carbocycles. The van der Waals surface area contributed by atoms with Gasteiger partial charge in [-0.05, 0) is 13.8 Å². The Balaban J connectivity index is 0. The first-order valence-corrected chi connectivity index (χ1v) is 3.17. The molecule has 0 unspecified atom stereocenters. The summed E-state index contributed by atoms with van der Waals surface area (Å²) in [6.45, 7) is 4.00. The van der Waals surface area contributed by atoms with Crippen LogP contribution in [0.1, 0.15) is 13.8 Å². The van der Waals surface area contributed by atoms with Gasteiger partial charge in [0, 0.05) is 0 Å². The average Bonchev–Trinajstić information content (AvgIpc) is 1.69. The number of hydrogen-bond donors (Lipinski definition) is 0. The van der Waals surface area contributed by atoms with Crippen LogP contribution in [0.2, 0.25) is 0 Å². The summed E-state index contributed by atoms with van der Waals surface area (Å²) in [5, 5.41) is 0. The van der Waals surface area contributed by atoms with E-state index < -0.39 is 19.1 Å². The Morgan fingerprint density at radius 3 is 1.29 bits per heavy atom. The van der Waals surface area contributed by atoms with Gasteiger partial charge in [-0.15, -0.1) is 0 Å². The second-order valence-electron chi connectivity index (χ2n) is 0.750. The molecule has 0 aliphatic heterocycles. The first-order valence-electron chi connectivity index (χ1n) is 1.90. The summed E-state index contributed by atoms with van der Waals surface area (Å²) >= 11 is -2.00. The van der Waals surface area contributed by atoms with E-state index in [9.17, 15) is 0 Å². The van der Waals surface area contributed by atoms with E-state index in [1.807, 2.05) is 26.0 Å². The Hall–Kier alpha value is 0.0543. The van der Waals surface area contributed by atoms with Gasteiger partial charge in [-0.25, -0.2) is 0 Å². The summed E-state index contributed by atoms with van der Waals surface area (Å²) < 4.78 is 17.0. The first-order chi connectivity index (χ1) is 3.33. The van der Waals surface area contributed by atoms with Crippen LogP contribution >= 0.6 is 0 Å². The molecule has 0 rings (SSSR count). The third-order valence-electron chi connectivity index (χ3n) is 0.333. The van der Waals surface area contributed by atoms with Crippen molar-refractivity contribution in [3.05, 3.63) is 12.2 Å². The molecule has 0 aliphatic rings. The molecule has 0 saturated heterocycles. The van der Waals surface area contributed by atoms with Gasteiger partial charge in [0.15, 0.2) is 0 Å². The number of allylic oxidation sites excluding steroid dienone is 2. The van der Waals surface area contributed by atoms with Crippen LogP contribution in [0.4, 0.5) is 0 Å². The summed E-state index contributed by atoms with van der Waals surface area (Å²) in [4.78, 5) is 0. The zero-order valence-corrected chi connectivity index (χ0v) is 6.03. The minimum atomic E-state index is -2.00. The van der Waals surface area contributed by atoms with Crippen LogP contribution in [0.5, 0.6) is 0 Å². The van der Waals surface area contributed by atoms with Gasteiger partial charge in [-0.2, -0.15) is 0 Å². The third-order valence-corrected chi connectivity index (χ3v) is 0.333. The van der Waals surface area contributed by atoms with Crippen molar-refractivity contribution in [3.8, 4) is 0 Å². The molecule has 0 amide bonds. The van der Waals surface area contributed by atoms with Crippen molar-refractivity contribution >= 4 is 0 Å². The van der Waals surface area contributed by atoms with Crippen molar-refractivity contribution < 1.29 is 25.7 Å². The number of hydrogen-bond acceptors (Lipinski definition) is 2. The molecular formula is C4H8O2Ti. The Labute approximate surface area is 52.2 Å². The van der Waals surface area contributed by atoms with Crippen molar-refractivity contribution in [2.24, 2.45) is 0 Å². The van der Waals surface area contributed by atoms with Crippen LogP contribution in [-0.4, -0.2) is 0 Å². The molecule has 0 bridgehead atoms. The minimum absolute atomic E-state index is 2.00. The van der Waals surface area contributed by atoms with E-state index >= 15 is 0 Å². The molecule has 0 atom stereocenters. The van der Waals surface area contributed by atoms with Crippen LogP contribution in [0.25, 0.3) is 0 Å². The third kappa shape index (κ3) is 89.5. The van der Waals surface area contributed by atoms with Crippen molar-refractivity contribution in [2.75, 3.05) is 0 Å². The monoisotopic (exact) mass is 136 g/mol. The summed E-state index contributed by atoms with van der Waals surface area (Å²) in [5.74, 6) is 0. The van der Waals surface area contributed by atoms with Crippen LogP contribution in [0, 0.1) is 0 Å². The van der Waals surface area contributed by atoms with Gasteiger partial charge in [0.1, 0.15) is 0 Å². The van der Waals surface area contributed by atoms with Crippen molar-refractivity contribution in [2.45, 2.75) is 13.8 Å². The fraction of sp³-hybridized carbons (Fsp3) is 0.500. The topological polar surface area (TPSA) is 34.1 Å². The first kappa shape index (κ1) is 10.1. The molecule has 0 fully saturated rings. The van der Waals surface area contributed by atoms with Gasteiger partial charge in [-0.1, -0.05) is 12.2 Å². The van der Waals surface area contributed by atoms with E-state index in [2.05, 4.69) is 0 Å². The van der Waals surface area contributed by atoms with Gasteiger partial charge >= 0.3 is 25.7 Å². The molecule has 0 radical (unpaired) electrons. The molecule has 40 valence electrons. The molecule has 0 spiro atoms. The van der Waals surface area contributed by atoms with E-state index in [0.717, 1.165) is 0 Å². The maximum absolute atomic E-state index is 8.50. The van der Waals surface area contributed by atoms with Crippen LogP contribution < -0.4 is 0 Å². The Kier molecular flexibility index (Phi) is 24.0. The van der Waals surface area contributed by atoms with Crippen molar-refractivity contribution in [1.29, 1.82) is 0 Å². The second kappa shape index (κ2) is 16.6. The van der Waals surface area contributed by atoms with Gasteiger partial charge in [0.2, 0.25) is 0 Å². The van der Waals surface area contributed by atoms with E-state index in [0.29, 0.717) is 0 Å². The Morgan fingerprint density at radius 1 is 1.14 bits per heavy atom. The van der Waals surface area contributed by atoms with Gasteiger partial charge in [0.05, 0.1) is 0 Å². The standard InChI is InChI=1S/C4H8.2O.Ti/c1-3-4-2;;;/h3-4H,1-2H3;;;. The fourth-order valence-electron chi connectivity index (χ4n) is 0. The Morgan fingerprint density at radius 2 is 1.29 bits per heavy atom. The summed E-state index contributed by atoms with van der Waals surface area (Å²) in [7, 11) is 0. The van der Waals surface area contributed by atoms with Crippen molar-refractivity contribution in [1.82, 2.24) is 0 Å². The molecule has 0 heterocycles. The molecule has 0 aromatic heterocycles. The quantitative estimate of drug-likeness (QED) is 0.372. The molecule has 7 heavy (non-hydrogen) atoms. The fourth-order valence-corrected chi connectivity index (χ4v) is 0. The molecule has 0 aromatic rings. The summed E-state index contributed by atoms with van der Waals surface area (Å²) in [5.41, 5.74) is 0. The normalized spacial score (nSPS) is 6.57. The zero-order valence-electron chi connectivity index (χ0n) is 4.47. The van der Waals surface area contributed by atoms with Crippen LogP contribution in [0.3, 0.4) is 0 Å². The van der Waals surface area contributed by atoms with E-state index in [4.69, 9.17) is 6.65 Å². The van der Waals surface area contributed by atoms with E-state index in [-0.39, 0.29) is 0 Å². The SMILES string of the molecule is CC=CC.[O]=[Ti]=[O]. The second-order valence-corrected chi connectivity index (χ2v) is 1.01. The summed E-state index contributed by atoms with van der Waals surface area (Å²) in [6.07, 6.45) is 4.00. The zero-order chi connectivity index (χ0) is 6.12. The predicted octanol–water partition coefficient (Wildman–Crippen LogP) is 1.34. The molecule has 0 aliphatic carbocycles. The van der Waals surface area contributed by atoms with Gasteiger partial charge in [0.25, 0.3) is 0 Å². The molecular weight excluding hydrogens is 128 g/mol. The van der Waals surface area contributed by atoms with Gasteiger partial charge < -0.3 is 0 Å². The molecule has 3 heteroatoms. The maximum atomic E-state index is 8.50. The summed E-state index contributed by atoms with van der Waals surface area (Å²) in [6, 6.07) is 0. The number of rotatable bonds is 0. The van der Waals surface area contributed by atoms with E-state index in [1.54, 1.807) is 0 Å². The predicted molar refractivity (Wildman–Crippen MR) is 21.9 cm³/mol. The van der Waals surface area contributed by atoms with Crippen molar-refractivity contribution in [3.63, 3.8) is 0 Å². The molecule has 0 saturated carbocycles. The van der Waals surface area contributed by atoms with Gasteiger partial charge in [-0.3, -0.25) is 0 Å². The van der Waals surface area contributed by atoms with E-state index in [1.165, 1.54) is 0 Å². The molecule has 2 nitrogen and oxygen atoms in total. The Bertz CT molecular complexity index is 67.8.